The summed E-state index contributed by atoms with van der Waals surface area (Å²) in [6.45, 7) is 0. The molecule has 2 heteroatoms. The minimum atomic E-state index is 1.16. The molecule has 0 aliphatic carbocycles. The molecule has 260 valence electrons. The van der Waals surface area contributed by atoms with Crippen molar-refractivity contribution in [1.29, 1.82) is 0 Å². The zero-order valence-electron chi connectivity index (χ0n) is 30.4. The van der Waals surface area contributed by atoms with Crippen molar-refractivity contribution in [2.24, 2.45) is 0 Å². The summed E-state index contributed by atoms with van der Waals surface area (Å²) in [7, 11) is 0. The standard InChI is InChI=1S/C54H33NS/c1-2-20-39-34(14-1)15-13-27-40(39)35-16-11-17-36(32-35)51-42-22-3-5-24-44(42)52(45-25-6-4-23-43(45)51)37-18-12-19-38(33-37)55-48-28-9-7-21-41(48)46-30-31-50-53(54(46)55)47-26-8-10-29-49(47)56-50/h1-33H. The summed E-state index contributed by atoms with van der Waals surface area (Å²) in [5, 5.41) is 12.7. The monoisotopic (exact) mass is 727 g/mol. The van der Waals surface area contributed by atoms with Crippen LogP contribution in [0.2, 0.25) is 0 Å². The largest absolute Gasteiger partial charge is 0.309 e. The lowest BCUT2D eigenvalue weighted by Crippen LogP contribution is -1.96. The van der Waals surface area contributed by atoms with Crippen molar-refractivity contribution in [1.82, 2.24) is 4.57 Å². The Labute approximate surface area is 327 Å². The SMILES string of the molecule is c1cc(-c2cccc3ccccc23)cc(-c2c3ccccc3c(-c3cccc(-n4c5ccccc5c5ccc6sc7ccccc7c6c54)c3)c3ccccc23)c1. The van der Waals surface area contributed by atoms with E-state index in [9.17, 15) is 0 Å². The van der Waals surface area contributed by atoms with Crippen LogP contribution in [0.4, 0.5) is 0 Å². The molecule has 0 spiro atoms. The molecule has 0 unspecified atom stereocenters. The van der Waals surface area contributed by atoms with E-state index in [2.05, 4.69) is 205 Å². The summed E-state index contributed by atoms with van der Waals surface area (Å²) in [5.74, 6) is 0. The van der Waals surface area contributed by atoms with Gasteiger partial charge in [0.2, 0.25) is 0 Å². The maximum Gasteiger partial charge on any atom is 0.0634 e. The van der Waals surface area contributed by atoms with Crippen LogP contribution in [0.1, 0.15) is 0 Å². The van der Waals surface area contributed by atoms with Crippen molar-refractivity contribution in [3.63, 3.8) is 0 Å². The quantitative estimate of drug-likeness (QED) is 0.159. The molecule has 0 atom stereocenters. The Morgan fingerprint density at radius 2 is 0.893 bits per heavy atom. The van der Waals surface area contributed by atoms with Gasteiger partial charge in [0.05, 0.1) is 11.0 Å². The molecule has 0 aliphatic heterocycles. The van der Waals surface area contributed by atoms with Gasteiger partial charge in [-0.25, -0.2) is 0 Å². The van der Waals surface area contributed by atoms with Gasteiger partial charge in [-0.05, 0) is 102 Å². The van der Waals surface area contributed by atoms with Crippen LogP contribution in [-0.2, 0) is 0 Å². The van der Waals surface area contributed by atoms with Crippen LogP contribution in [0.3, 0.4) is 0 Å². The fraction of sp³-hybridized carbons (Fsp3) is 0. The first kappa shape index (κ1) is 31.4. The van der Waals surface area contributed by atoms with E-state index < -0.39 is 0 Å². The molecular formula is C54H33NS. The molecule has 0 saturated heterocycles. The van der Waals surface area contributed by atoms with Gasteiger partial charge in [-0.2, -0.15) is 0 Å². The second-order valence-electron chi connectivity index (χ2n) is 14.8. The summed E-state index contributed by atoms with van der Waals surface area (Å²) in [6, 6.07) is 74.0. The Morgan fingerprint density at radius 3 is 1.64 bits per heavy atom. The first-order valence-electron chi connectivity index (χ1n) is 19.3. The minimum absolute atomic E-state index is 1.16. The zero-order valence-corrected chi connectivity index (χ0v) is 31.2. The van der Waals surface area contributed by atoms with Crippen molar-refractivity contribution in [2.75, 3.05) is 0 Å². The number of fused-ring (bicyclic) bond motifs is 10. The Kier molecular flexibility index (Phi) is 6.87. The maximum absolute atomic E-state index is 2.51. The number of thiophene rings is 1. The number of nitrogens with zero attached hydrogens (tertiary/aromatic N) is 1. The van der Waals surface area contributed by atoms with E-state index in [0.29, 0.717) is 0 Å². The van der Waals surface area contributed by atoms with Crippen molar-refractivity contribution in [2.45, 2.75) is 0 Å². The van der Waals surface area contributed by atoms with Gasteiger partial charge in [0, 0.05) is 36.6 Å². The minimum Gasteiger partial charge on any atom is -0.309 e. The van der Waals surface area contributed by atoms with E-state index in [1.165, 1.54) is 108 Å². The van der Waals surface area contributed by atoms with Gasteiger partial charge < -0.3 is 4.57 Å². The predicted octanol–water partition coefficient (Wildman–Crippen LogP) is 15.6. The van der Waals surface area contributed by atoms with E-state index in [4.69, 9.17) is 0 Å². The molecule has 0 radical (unpaired) electrons. The summed E-state index contributed by atoms with van der Waals surface area (Å²) in [5.41, 5.74) is 11.1. The van der Waals surface area contributed by atoms with Crippen LogP contribution in [0, 0.1) is 0 Å². The third-order valence-corrected chi connectivity index (χ3v) is 12.9. The third kappa shape index (κ3) is 4.60. The van der Waals surface area contributed by atoms with Gasteiger partial charge in [-0.15, -0.1) is 11.3 Å². The van der Waals surface area contributed by atoms with E-state index in [0.717, 1.165) is 5.69 Å². The molecule has 0 amide bonds. The highest BCUT2D eigenvalue weighted by atomic mass is 32.1. The summed E-state index contributed by atoms with van der Waals surface area (Å²) < 4.78 is 5.14. The molecule has 10 aromatic carbocycles. The van der Waals surface area contributed by atoms with E-state index in [1.807, 2.05) is 11.3 Å². The van der Waals surface area contributed by atoms with Gasteiger partial charge in [0.25, 0.3) is 0 Å². The summed E-state index contributed by atoms with van der Waals surface area (Å²) >= 11 is 1.88. The Bertz CT molecular complexity index is 3480. The maximum atomic E-state index is 2.51. The highest BCUT2D eigenvalue weighted by Gasteiger charge is 2.21. The first-order valence-corrected chi connectivity index (χ1v) is 20.1. The lowest BCUT2D eigenvalue weighted by Gasteiger charge is -2.19. The number of rotatable bonds is 4. The molecule has 0 bridgehead atoms. The molecular weight excluding hydrogens is 695 g/mol. The van der Waals surface area contributed by atoms with Gasteiger partial charge >= 0.3 is 0 Å². The Hall–Kier alpha value is -7.00. The van der Waals surface area contributed by atoms with Gasteiger partial charge in [0.15, 0.2) is 0 Å². The molecule has 0 N–H and O–H groups in total. The van der Waals surface area contributed by atoms with Crippen molar-refractivity contribution < 1.29 is 0 Å². The Balaban J connectivity index is 1.11. The Morgan fingerprint density at radius 1 is 0.339 bits per heavy atom. The van der Waals surface area contributed by atoms with Crippen LogP contribution < -0.4 is 0 Å². The molecule has 12 aromatic rings. The number of hydrogen-bond donors (Lipinski definition) is 0. The molecule has 12 rings (SSSR count). The molecule has 2 heterocycles. The second-order valence-corrected chi connectivity index (χ2v) is 15.9. The van der Waals surface area contributed by atoms with E-state index in [1.54, 1.807) is 0 Å². The van der Waals surface area contributed by atoms with Crippen LogP contribution in [0.5, 0.6) is 0 Å². The average molecular weight is 728 g/mol. The van der Waals surface area contributed by atoms with E-state index in [-0.39, 0.29) is 0 Å². The normalized spacial score (nSPS) is 11.9. The fourth-order valence-corrected chi connectivity index (χ4v) is 10.5. The average Bonchev–Trinajstić information content (AvgIpc) is 3.81. The van der Waals surface area contributed by atoms with Crippen molar-refractivity contribution in [3.05, 3.63) is 200 Å². The number of benzene rings is 10. The van der Waals surface area contributed by atoms with Crippen molar-refractivity contribution >= 4 is 85.6 Å². The molecule has 0 aliphatic rings. The van der Waals surface area contributed by atoms with Gasteiger partial charge in [-0.1, -0.05) is 164 Å². The number of aromatic nitrogens is 1. The summed E-state index contributed by atoms with van der Waals surface area (Å²) in [6.07, 6.45) is 0. The highest BCUT2D eigenvalue weighted by Crippen LogP contribution is 2.46. The van der Waals surface area contributed by atoms with Crippen LogP contribution in [0.25, 0.3) is 113 Å². The lowest BCUT2D eigenvalue weighted by atomic mass is 9.85. The molecule has 1 nitrogen and oxygen atoms in total. The molecule has 0 saturated carbocycles. The molecule has 0 fully saturated rings. The van der Waals surface area contributed by atoms with E-state index >= 15 is 0 Å². The van der Waals surface area contributed by atoms with Crippen molar-refractivity contribution in [3.8, 4) is 39.1 Å². The van der Waals surface area contributed by atoms with Crippen LogP contribution >= 0.6 is 11.3 Å². The third-order valence-electron chi connectivity index (χ3n) is 11.8. The van der Waals surface area contributed by atoms with Crippen LogP contribution in [0.15, 0.2) is 200 Å². The predicted molar refractivity (Wildman–Crippen MR) is 242 cm³/mol. The number of hydrogen-bond acceptors (Lipinski definition) is 1. The molecule has 2 aromatic heterocycles. The fourth-order valence-electron chi connectivity index (χ4n) is 9.40. The lowest BCUT2D eigenvalue weighted by molar-refractivity contribution is 1.19. The second kappa shape index (κ2) is 12.3. The van der Waals surface area contributed by atoms with Gasteiger partial charge in [0.1, 0.15) is 0 Å². The topological polar surface area (TPSA) is 4.93 Å². The highest BCUT2D eigenvalue weighted by molar-refractivity contribution is 7.26. The zero-order chi connectivity index (χ0) is 36.7. The van der Waals surface area contributed by atoms with Crippen LogP contribution in [-0.4, -0.2) is 4.57 Å². The summed E-state index contributed by atoms with van der Waals surface area (Å²) in [4.78, 5) is 0. The smallest absolute Gasteiger partial charge is 0.0634 e. The first-order chi connectivity index (χ1) is 27.8. The molecule has 56 heavy (non-hydrogen) atoms. The van der Waals surface area contributed by atoms with Gasteiger partial charge in [-0.3, -0.25) is 0 Å². The number of para-hydroxylation sites is 1.